The average Bonchev–Trinajstić information content (AvgIpc) is 3.80. The van der Waals surface area contributed by atoms with Crippen LogP contribution in [0.3, 0.4) is 0 Å². The van der Waals surface area contributed by atoms with Crippen LogP contribution in [-0.2, 0) is 16.0 Å². The molecule has 11 heteroatoms. The molecular weight excluding hydrogens is 534 g/mol. The molecule has 3 aliphatic heterocycles. The zero-order valence-corrected chi connectivity index (χ0v) is 25.0. The van der Waals surface area contributed by atoms with Crippen LogP contribution in [0, 0.1) is 0 Å². The van der Waals surface area contributed by atoms with E-state index in [4.69, 9.17) is 14.5 Å². The Morgan fingerprint density at radius 3 is 2.71 bits per heavy atom. The topological polar surface area (TPSA) is 112 Å². The summed E-state index contributed by atoms with van der Waals surface area (Å²) in [7, 11) is 3.50. The van der Waals surface area contributed by atoms with Gasteiger partial charge in [0.05, 0.1) is 24.6 Å². The van der Waals surface area contributed by atoms with E-state index in [9.17, 15) is 9.59 Å². The van der Waals surface area contributed by atoms with E-state index in [-0.39, 0.29) is 24.0 Å². The lowest BCUT2D eigenvalue weighted by Gasteiger charge is -2.43. The van der Waals surface area contributed by atoms with E-state index in [2.05, 4.69) is 32.3 Å². The summed E-state index contributed by atoms with van der Waals surface area (Å²) >= 11 is 0. The van der Waals surface area contributed by atoms with Crippen molar-refractivity contribution in [2.75, 3.05) is 62.1 Å². The van der Waals surface area contributed by atoms with Crippen molar-refractivity contribution in [2.24, 2.45) is 0 Å². The number of rotatable bonds is 10. The van der Waals surface area contributed by atoms with E-state index in [1.807, 2.05) is 12.1 Å². The number of carbonyl (C=O) groups is 2. The molecule has 1 saturated carbocycles. The Morgan fingerprint density at radius 1 is 1.19 bits per heavy atom. The summed E-state index contributed by atoms with van der Waals surface area (Å²) in [4.78, 5) is 42.3. The minimum absolute atomic E-state index is 0.0520. The molecule has 4 heterocycles. The number of hydrogen-bond donors (Lipinski definition) is 2. The number of nitrogens with zero attached hydrogens (tertiary/aromatic N) is 5. The first-order chi connectivity index (χ1) is 20.5. The highest BCUT2D eigenvalue weighted by Crippen LogP contribution is 2.41. The molecule has 1 saturated heterocycles. The molecule has 0 bridgehead atoms. The highest BCUT2D eigenvalue weighted by Gasteiger charge is 2.41. The Morgan fingerprint density at radius 2 is 1.98 bits per heavy atom. The van der Waals surface area contributed by atoms with Gasteiger partial charge in [-0.2, -0.15) is 4.98 Å². The maximum absolute atomic E-state index is 13.3. The fourth-order valence-electron chi connectivity index (χ4n) is 6.95. The number of benzene rings is 1. The summed E-state index contributed by atoms with van der Waals surface area (Å²) in [5.41, 5.74) is 2.96. The molecule has 1 aromatic carbocycles. The van der Waals surface area contributed by atoms with Gasteiger partial charge >= 0.3 is 0 Å². The molecule has 2 atom stereocenters. The molecule has 4 aliphatic rings. The molecule has 1 aliphatic carbocycles. The molecule has 2 unspecified atom stereocenters. The van der Waals surface area contributed by atoms with Crippen molar-refractivity contribution in [3.63, 3.8) is 0 Å². The van der Waals surface area contributed by atoms with Gasteiger partial charge in [0.2, 0.25) is 11.9 Å². The van der Waals surface area contributed by atoms with Crippen molar-refractivity contribution in [1.82, 2.24) is 20.2 Å². The molecule has 2 fully saturated rings. The van der Waals surface area contributed by atoms with Gasteiger partial charge in [0.15, 0.2) is 5.82 Å². The van der Waals surface area contributed by atoms with Gasteiger partial charge in [-0.25, -0.2) is 4.98 Å². The first-order valence-electron chi connectivity index (χ1n) is 15.5. The zero-order valence-electron chi connectivity index (χ0n) is 25.0. The van der Waals surface area contributed by atoms with E-state index >= 15 is 0 Å². The van der Waals surface area contributed by atoms with Crippen LogP contribution in [-0.4, -0.2) is 91.8 Å². The molecule has 2 N–H and O–H groups in total. The van der Waals surface area contributed by atoms with Crippen molar-refractivity contribution in [3.05, 3.63) is 29.5 Å². The number of likely N-dealkylation sites (tertiary alicyclic amines) is 1. The van der Waals surface area contributed by atoms with Gasteiger partial charge in [-0.1, -0.05) is 19.8 Å². The predicted molar refractivity (Wildman–Crippen MR) is 162 cm³/mol. The van der Waals surface area contributed by atoms with E-state index in [0.717, 1.165) is 61.7 Å². The number of methoxy groups -OCH3 is 1. The number of nitrogens with one attached hydrogen (secondary N) is 2. The zero-order chi connectivity index (χ0) is 29.2. The third kappa shape index (κ3) is 5.51. The van der Waals surface area contributed by atoms with Crippen molar-refractivity contribution in [2.45, 2.75) is 76.5 Å². The third-order valence-electron chi connectivity index (χ3n) is 9.25. The lowest BCUT2D eigenvalue weighted by atomic mass is 10.0. The number of anilines is 4. The van der Waals surface area contributed by atoms with Crippen LogP contribution >= 0.6 is 0 Å². The number of fused-ring (bicyclic) bond motifs is 2. The predicted octanol–water partition coefficient (Wildman–Crippen LogP) is 3.50. The smallest absolute Gasteiger partial charge is 0.251 e. The fraction of sp³-hybridized carbons (Fsp3) is 0.613. The maximum Gasteiger partial charge on any atom is 0.251 e. The van der Waals surface area contributed by atoms with E-state index in [1.54, 1.807) is 25.3 Å². The van der Waals surface area contributed by atoms with Gasteiger partial charge < -0.3 is 34.8 Å². The normalized spacial score (nSPS) is 21.3. The van der Waals surface area contributed by atoms with Gasteiger partial charge in [-0.05, 0) is 57.3 Å². The van der Waals surface area contributed by atoms with Crippen molar-refractivity contribution < 1.29 is 19.1 Å². The summed E-state index contributed by atoms with van der Waals surface area (Å²) in [5, 5.41) is 6.43. The summed E-state index contributed by atoms with van der Waals surface area (Å²) in [5.74, 6) is 1.87. The Kier molecular flexibility index (Phi) is 8.48. The van der Waals surface area contributed by atoms with Crippen LogP contribution in [0.2, 0.25) is 0 Å². The van der Waals surface area contributed by atoms with Gasteiger partial charge in [0.1, 0.15) is 17.5 Å². The Balaban J connectivity index is 1.21. The summed E-state index contributed by atoms with van der Waals surface area (Å²) in [6.07, 6.45) is 9.96. The second kappa shape index (κ2) is 12.4. The van der Waals surface area contributed by atoms with E-state index < -0.39 is 0 Å². The van der Waals surface area contributed by atoms with Crippen LogP contribution < -0.4 is 25.2 Å². The molecule has 2 amide bonds. The van der Waals surface area contributed by atoms with Crippen LogP contribution in [0.25, 0.3) is 0 Å². The van der Waals surface area contributed by atoms with Gasteiger partial charge in [0, 0.05) is 50.8 Å². The van der Waals surface area contributed by atoms with Crippen LogP contribution in [0.4, 0.5) is 23.1 Å². The average molecular weight is 578 g/mol. The molecule has 0 spiro atoms. The number of aromatic nitrogens is 2. The quantitative estimate of drug-likeness (QED) is 0.438. The second-order valence-electron chi connectivity index (χ2n) is 11.8. The van der Waals surface area contributed by atoms with E-state index in [0.29, 0.717) is 42.9 Å². The Bertz CT molecular complexity index is 1310. The van der Waals surface area contributed by atoms with Crippen molar-refractivity contribution in [3.8, 4) is 5.75 Å². The molecule has 1 aromatic heterocycles. The number of ether oxygens (including phenoxy) is 2. The highest BCUT2D eigenvalue weighted by atomic mass is 16.5. The number of carbonyl (C=O) groups excluding carboxylic acids is 2. The van der Waals surface area contributed by atoms with Crippen molar-refractivity contribution >= 4 is 35.0 Å². The highest BCUT2D eigenvalue weighted by molar-refractivity contribution is 6.04. The minimum atomic E-state index is -0.230. The summed E-state index contributed by atoms with van der Waals surface area (Å²) in [6.45, 7) is 6.03. The lowest BCUT2D eigenvalue weighted by molar-refractivity contribution is -0.120. The third-order valence-corrected chi connectivity index (χ3v) is 9.25. The van der Waals surface area contributed by atoms with Crippen molar-refractivity contribution in [1.29, 1.82) is 0 Å². The minimum Gasteiger partial charge on any atom is -0.491 e. The standard InChI is InChI=1S/C31H43N7O4/c1-4-25-30(40)36(2)26-18-33-31(35-28(26)38(25)20-9-5-6-10-20)34-24-12-11-23(22-13-16-42-27(22)24)29(39)32-17-21(41-3)19-37-14-7-8-15-37/h11-12,18,20-21,25H,4-10,13-17,19H2,1-3H3,(H,32,39)(H,33,34,35). The Hall–Kier alpha value is -3.44. The monoisotopic (exact) mass is 577 g/mol. The molecule has 11 nitrogen and oxygen atoms in total. The summed E-state index contributed by atoms with van der Waals surface area (Å²) in [6, 6.07) is 3.77. The first-order valence-corrected chi connectivity index (χ1v) is 15.5. The molecule has 2 aromatic rings. The molecular formula is C31H43N7O4. The van der Waals surface area contributed by atoms with Crippen LogP contribution in [0.5, 0.6) is 5.75 Å². The number of likely N-dealkylation sites (N-methyl/N-ethyl adjacent to an activating group) is 1. The van der Waals surface area contributed by atoms with Gasteiger partial charge in [0.25, 0.3) is 5.91 Å². The Labute approximate surface area is 247 Å². The van der Waals surface area contributed by atoms with Gasteiger partial charge in [-0.15, -0.1) is 0 Å². The second-order valence-corrected chi connectivity index (χ2v) is 11.8. The largest absolute Gasteiger partial charge is 0.491 e. The SMILES string of the molecule is CCC1C(=O)N(C)c2cnc(Nc3ccc(C(=O)NCC(CN4CCCC4)OC)c4c3OCC4)nc2N1C1CCCC1. The number of hydrogen-bond acceptors (Lipinski definition) is 9. The lowest BCUT2D eigenvalue weighted by Crippen LogP contribution is -2.55. The maximum atomic E-state index is 13.3. The molecule has 42 heavy (non-hydrogen) atoms. The fourth-order valence-corrected chi connectivity index (χ4v) is 6.95. The molecule has 6 rings (SSSR count). The van der Waals surface area contributed by atoms with Crippen LogP contribution in [0.15, 0.2) is 18.3 Å². The molecule has 0 radical (unpaired) electrons. The van der Waals surface area contributed by atoms with E-state index in [1.165, 1.54) is 25.7 Å². The van der Waals surface area contributed by atoms with Crippen LogP contribution in [0.1, 0.15) is 67.8 Å². The summed E-state index contributed by atoms with van der Waals surface area (Å²) < 4.78 is 11.7. The van der Waals surface area contributed by atoms with Gasteiger partial charge in [-0.3, -0.25) is 9.59 Å². The number of amides is 2. The first kappa shape index (κ1) is 28.7. The molecule has 226 valence electrons.